The van der Waals surface area contributed by atoms with Gasteiger partial charge in [0, 0.05) is 22.3 Å². The summed E-state index contributed by atoms with van der Waals surface area (Å²) in [6.07, 6.45) is 1.69. The van der Waals surface area contributed by atoms with Gasteiger partial charge in [-0.3, -0.25) is 4.79 Å². The molecule has 0 aliphatic carbocycles. The molecule has 0 fully saturated rings. The Bertz CT molecular complexity index is 1140. The molecule has 0 saturated heterocycles. The van der Waals surface area contributed by atoms with Crippen LogP contribution in [0.5, 0.6) is 17.2 Å². The van der Waals surface area contributed by atoms with Gasteiger partial charge in [-0.2, -0.15) is 5.26 Å². The zero-order valence-electron chi connectivity index (χ0n) is 16.4. The van der Waals surface area contributed by atoms with Crippen molar-refractivity contribution in [3.05, 3.63) is 56.8 Å². The van der Waals surface area contributed by atoms with Crippen molar-refractivity contribution in [3.63, 3.8) is 0 Å². The largest absolute Gasteiger partial charge is 0.493 e. The van der Waals surface area contributed by atoms with E-state index < -0.39 is 5.97 Å². The number of ether oxygens (including phenoxy) is 3. The summed E-state index contributed by atoms with van der Waals surface area (Å²) in [7, 11) is 2.93. The number of esters is 1. The molecule has 0 amide bonds. The molecule has 6 nitrogen and oxygen atoms in total. The minimum Gasteiger partial charge on any atom is -0.493 e. The van der Waals surface area contributed by atoms with Crippen molar-refractivity contribution < 1.29 is 19.0 Å². The second kappa shape index (κ2) is 9.57. The van der Waals surface area contributed by atoms with E-state index in [4.69, 9.17) is 14.2 Å². The molecule has 0 unspecified atom stereocenters. The number of aromatic nitrogens is 1. The van der Waals surface area contributed by atoms with Crippen molar-refractivity contribution in [3.8, 4) is 34.6 Å². The van der Waals surface area contributed by atoms with E-state index in [0.29, 0.717) is 27.6 Å². The van der Waals surface area contributed by atoms with Crippen LogP contribution in [0.3, 0.4) is 0 Å². The Morgan fingerprint density at radius 1 is 1.20 bits per heavy atom. The van der Waals surface area contributed by atoms with Crippen LogP contribution in [0.4, 0.5) is 0 Å². The molecule has 8 heteroatoms. The standard InChI is InChI=1S/C22H17BrN2O4S/c1-13(26)29-21-19(27-2)8-14(9-20(21)28-3)7-16(11-24)22-25-18(12-30-22)15-5-4-6-17(23)10-15/h4-10,12H,1-3H3. The van der Waals surface area contributed by atoms with Gasteiger partial charge in [0.15, 0.2) is 11.5 Å². The molecule has 3 aromatic rings. The lowest BCUT2D eigenvalue weighted by atomic mass is 10.1. The van der Waals surface area contributed by atoms with Crippen LogP contribution in [-0.2, 0) is 4.79 Å². The van der Waals surface area contributed by atoms with Gasteiger partial charge in [-0.05, 0) is 35.9 Å². The molecule has 0 aliphatic heterocycles. The number of carbonyl (C=O) groups is 1. The number of allylic oxidation sites excluding steroid dienone is 1. The van der Waals surface area contributed by atoms with Crippen LogP contribution in [0.15, 0.2) is 46.3 Å². The third-order valence-corrected chi connectivity index (χ3v) is 5.38. The molecule has 0 saturated carbocycles. The highest BCUT2D eigenvalue weighted by atomic mass is 79.9. The number of benzene rings is 2. The van der Waals surface area contributed by atoms with Crippen molar-refractivity contribution in [2.24, 2.45) is 0 Å². The van der Waals surface area contributed by atoms with Crippen LogP contribution in [-0.4, -0.2) is 25.2 Å². The maximum atomic E-state index is 11.4. The Kier molecular flexibility index (Phi) is 6.87. The van der Waals surface area contributed by atoms with Crippen molar-refractivity contribution in [2.45, 2.75) is 6.92 Å². The predicted octanol–water partition coefficient (Wildman–Crippen LogP) is 5.58. The summed E-state index contributed by atoms with van der Waals surface area (Å²) >= 11 is 4.84. The minimum atomic E-state index is -0.490. The second-order valence-corrected chi connectivity index (χ2v) is 7.84. The lowest BCUT2D eigenvalue weighted by molar-refractivity contribution is -0.132. The van der Waals surface area contributed by atoms with Gasteiger partial charge >= 0.3 is 5.97 Å². The monoisotopic (exact) mass is 484 g/mol. The summed E-state index contributed by atoms with van der Waals surface area (Å²) in [5.74, 6) is 0.342. The summed E-state index contributed by atoms with van der Waals surface area (Å²) in [5, 5.41) is 12.2. The maximum absolute atomic E-state index is 11.4. The molecule has 0 bridgehead atoms. The highest BCUT2D eigenvalue weighted by Gasteiger charge is 2.17. The molecule has 3 rings (SSSR count). The Hall–Kier alpha value is -3.15. The molecule has 1 aromatic heterocycles. The number of hydrogen-bond donors (Lipinski definition) is 0. The van der Waals surface area contributed by atoms with Crippen LogP contribution in [0.1, 0.15) is 17.5 Å². The van der Waals surface area contributed by atoms with E-state index in [1.807, 2.05) is 29.6 Å². The first-order valence-corrected chi connectivity index (χ1v) is 10.4. The minimum absolute atomic E-state index is 0.189. The molecular formula is C22H17BrN2O4S. The summed E-state index contributed by atoms with van der Waals surface area (Å²) in [6, 6.07) is 13.3. The first kappa shape index (κ1) is 21.6. The van der Waals surface area contributed by atoms with Crippen LogP contribution in [0.2, 0.25) is 0 Å². The number of methoxy groups -OCH3 is 2. The molecule has 0 spiro atoms. The van der Waals surface area contributed by atoms with E-state index in [-0.39, 0.29) is 5.75 Å². The SMILES string of the molecule is COc1cc(C=C(C#N)c2nc(-c3cccc(Br)c3)cs2)cc(OC)c1OC(C)=O. The number of rotatable bonds is 6. The Labute approximate surface area is 186 Å². The molecule has 152 valence electrons. The maximum Gasteiger partial charge on any atom is 0.308 e. The number of nitrogens with zero attached hydrogens (tertiary/aromatic N) is 2. The fraction of sp³-hybridized carbons (Fsp3) is 0.136. The fourth-order valence-corrected chi connectivity index (χ4v) is 3.91. The lowest BCUT2D eigenvalue weighted by Crippen LogP contribution is -2.05. The molecule has 2 aromatic carbocycles. The predicted molar refractivity (Wildman–Crippen MR) is 120 cm³/mol. The molecule has 0 atom stereocenters. The van der Waals surface area contributed by atoms with E-state index in [1.165, 1.54) is 32.5 Å². The van der Waals surface area contributed by atoms with Gasteiger partial charge in [0.25, 0.3) is 0 Å². The summed E-state index contributed by atoms with van der Waals surface area (Å²) in [4.78, 5) is 16.0. The van der Waals surface area contributed by atoms with Gasteiger partial charge in [0.2, 0.25) is 5.75 Å². The van der Waals surface area contributed by atoms with E-state index >= 15 is 0 Å². The van der Waals surface area contributed by atoms with E-state index in [0.717, 1.165) is 15.7 Å². The zero-order valence-corrected chi connectivity index (χ0v) is 18.8. The van der Waals surface area contributed by atoms with Gasteiger partial charge in [0.1, 0.15) is 11.1 Å². The third kappa shape index (κ3) is 4.87. The highest BCUT2D eigenvalue weighted by Crippen LogP contribution is 2.40. The number of hydrogen-bond acceptors (Lipinski definition) is 7. The first-order valence-electron chi connectivity index (χ1n) is 8.73. The fourth-order valence-electron chi connectivity index (χ4n) is 2.71. The quantitative estimate of drug-likeness (QED) is 0.258. The van der Waals surface area contributed by atoms with E-state index in [9.17, 15) is 10.1 Å². The van der Waals surface area contributed by atoms with Gasteiger partial charge in [-0.1, -0.05) is 28.1 Å². The van der Waals surface area contributed by atoms with Crippen LogP contribution in [0.25, 0.3) is 22.9 Å². The average molecular weight is 485 g/mol. The van der Waals surface area contributed by atoms with Crippen LogP contribution < -0.4 is 14.2 Å². The van der Waals surface area contributed by atoms with Crippen molar-refractivity contribution in [1.82, 2.24) is 4.98 Å². The molecular weight excluding hydrogens is 468 g/mol. The topological polar surface area (TPSA) is 81.4 Å². The summed E-state index contributed by atoms with van der Waals surface area (Å²) < 4.78 is 16.8. The molecule has 0 radical (unpaired) electrons. The first-order chi connectivity index (χ1) is 14.4. The van der Waals surface area contributed by atoms with Crippen molar-refractivity contribution in [2.75, 3.05) is 14.2 Å². The molecule has 0 aliphatic rings. The lowest BCUT2D eigenvalue weighted by Gasteiger charge is -2.13. The van der Waals surface area contributed by atoms with E-state index in [1.54, 1.807) is 18.2 Å². The van der Waals surface area contributed by atoms with Gasteiger partial charge < -0.3 is 14.2 Å². The molecule has 1 heterocycles. The normalized spacial score (nSPS) is 11.0. The second-order valence-electron chi connectivity index (χ2n) is 6.07. The van der Waals surface area contributed by atoms with Gasteiger partial charge in [-0.25, -0.2) is 4.98 Å². The number of carbonyl (C=O) groups excluding carboxylic acids is 1. The number of thiazole rings is 1. The summed E-state index contributed by atoms with van der Waals surface area (Å²) in [6.45, 7) is 1.30. The third-order valence-electron chi connectivity index (χ3n) is 4.02. The van der Waals surface area contributed by atoms with E-state index in [2.05, 4.69) is 27.0 Å². The Morgan fingerprint density at radius 2 is 1.90 bits per heavy atom. The van der Waals surface area contributed by atoms with Crippen LogP contribution in [0, 0.1) is 11.3 Å². The zero-order chi connectivity index (χ0) is 21.7. The van der Waals surface area contributed by atoms with Crippen LogP contribution >= 0.6 is 27.3 Å². The Balaban J connectivity index is 2.01. The highest BCUT2D eigenvalue weighted by molar-refractivity contribution is 9.10. The van der Waals surface area contributed by atoms with Gasteiger partial charge in [0.05, 0.1) is 25.5 Å². The average Bonchev–Trinajstić information content (AvgIpc) is 3.22. The molecule has 30 heavy (non-hydrogen) atoms. The summed E-state index contributed by atoms with van der Waals surface area (Å²) in [5.41, 5.74) is 2.79. The Morgan fingerprint density at radius 3 is 2.47 bits per heavy atom. The smallest absolute Gasteiger partial charge is 0.308 e. The van der Waals surface area contributed by atoms with Crippen molar-refractivity contribution >= 4 is 44.9 Å². The van der Waals surface area contributed by atoms with Crippen molar-refractivity contribution in [1.29, 1.82) is 5.26 Å². The number of nitriles is 1. The van der Waals surface area contributed by atoms with Gasteiger partial charge in [-0.15, -0.1) is 11.3 Å². The number of halogens is 1. The molecule has 0 N–H and O–H groups in total.